The number of amides is 2. The summed E-state index contributed by atoms with van der Waals surface area (Å²) in [6.07, 6.45) is 0. The fourth-order valence-corrected chi connectivity index (χ4v) is 3.18. The fourth-order valence-electron chi connectivity index (χ4n) is 2.59. The summed E-state index contributed by atoms with van der Waals surface area (Å²) in [6.45, 7) is 1.02. The monoisotopic (exact) mass is 382 g/mol. The molecular formula is C17H13Cl3N2O2. The van der Waals surface area contributed by atoms with Crippen molar-refractivity contribution in [2.45, 2.75) is 6.54 Å². The Morgan fingerprint density at radius 3 is 2.29 bits per heavy atom. The number of hydrogen-bond acceptors (Lipinski definition) is 2. The lowest BCUT2D eigenvalue weighted by molar-refractivity contribution is -0.146. The highest BCUT2D eigenvalue weighted by Gasteiger charge is 2.34. The van der Waals surface area contributed by atoms with Crippen molar-refractivity contribution in [2.75, 3.05) is 18.0 Å². The highest BCUT2D eigenvalue weighted by Crippen LogP contribution is 2.33. The predicted molar refractivity (Wildman–Crippen MR) is 95.7 cm³/mol. The molecule has 1 heterocycles. The van der Waals surface area contributed by atoms with Crippen molar-refractivity contribution in [2.24, 2.45) is 0 Å². The summed E-state index contributed by atoms with van der Waals surface area (Å²) >= 11 is 18.3. The molecular weight excluding hydrogens is 371 g/mol. The van der Waals surface area contributed by atoms with E-state index in [0.29, 0.717) is 35.4 Å². The van der Waals surface area contributed by atoms with Gasteiger partial charge in [0.2, 0.25) is 0 Å². The maximum Gasteiger partial charge on any atom is 0.316 e. The lowest BCUT2D eigenvalue weighted by atomic mass is 10.1. The molecule has 0 bridgehead atoms. The van der Waals surface area contributed by atoms with Crippen molar-refractivity contribution in [1.82, 2.24) is 4.90 Å². The first-order valence-corrected chi connectivity index (χ1v) is 8.40. The Kier molecular flexibility index (Phi) is 4.99. The van der Waals surface area contributed by atoms with Crippen molar-refractivity contribution in [3.63, 3.8) is 0 Å². The number of carbonyl (C=O) groups excluding carboxylic acids is 2. The molecule has 0 radical (unpaired) electrons. The first kappa shape index (κ1) is 17.1. The van der Waals surface area contributed by atoms with Gasteiger partial charge in [-0.2, -0.15) is 0 Å². The Balaban J connectivity index is 1.80. The van der Waals surface area contributed by atoms with Crippen molar-refractivity contribution in [1.29, 1.82) is 0 Å². The van der Waals surface area contributed by atoms with E-state index in [1.165, 1.54) is 9.80 Å². The van der Waals surface area contributed by atoms with Crippen LogP contribution in [0, 0.1) is 0 Å². The summed E-state index contributed by atoms with van der Waals surface area (Å²) in [5.41, 5.74) is 1.24. The second kappa shape index (κ2) is 7.01. The van der Waals surface area contributed by atoms with Crippen LogP contribution in [0.3, 0.4) is 0 Å². The van der Waals surface area contributed by atoms with Gasteiger partial charge in [0.05, 0.1) is 15.7 Å². The summed E-state index contributed by atoms with van der Waals surface area (Å²) in [4.78, 5) is 27.8. The molecule has 0 aromatic heterocycles. The molecule has 1 aliphatic heterocycles. The van der Waals surface area contributed by atoms with Crippen LogP contribution in [0.4, 0.5) is 5.69 Å². The molecule has 2 aromatic rings. The standard InChI is InChI=1S/C17H13Cl3N2O2/c18-12-5-2-1-4-11(12)10-21-8-9-22(17(24)16(21)23)14-7-3-6-13(19)15(14)20/h1-7H,8-10H2. The normalized spacial score (nSPS) is 15.1. The molecule has 4 nitrogen and oxygen atoms in total. The minimum atomic E-state index is -0.627. The smallest absolute Gasteiger partial charge is 0.316 e. The molecule has 1 saturated heterocycles. The van der Waals surface area contributed by atoms with Crippen LogP contribution in [0.5, 0.6) is 0 Å². The van der Waals surface area contributed by atoms with Gasteiger partial charge >= 0.3 is 11.8 Å². The zero-order valence-electron chi connectivity index (χ0n) is 12.5. The SMILES string of the molecule is O=C1C(=O)N(c2cccc(Cl)c2Cl)CCN1Cc1ccccc1Cl. The summed E-state index contributed by atoms with van der Waals surface area (Å²) < 4.78 is 0. The minimum absolute atomic E-state index is 0.264. The number of nitrogens with zero attached hydrogens (tertiary/aromatic N) is 2. The molecule has 0 aliphatic carbocycles. The molecule has 7 heteroatoms. The molecule has 0 atom stereocenters. The lowest BCUT2D eigenvalue weighted by Gasteiger charge is -2.34. The average molecular weight is 384 g/mol. The second-order valence-corrected chi connectivity index (χ2v) is 6.54. The van der Waals surface area contributed by atoms with Gasteiger partial charge in [0, 0.05) is 24.7 Å². The van der Waals surface area contributed by atoms with E-state index >= 15 is 0 Å². The van der Waals surface area contributed by atoms with E-state index in [1.807, 2.05) is 18.2 Å². The minimum Gasteiger partial charge on any atom is -0.328 e. The number of anilines is 1. The Labute approximate surface area is 154 Å². The van der Waals surface area contributed by atoms with Crippen LogP contribution >= 0.6 is 34.8 Å². The second-order valence-electron chi connectivity index (χ2n) is 5.35. The highest BCUT2D eigenvalue weighted by atomic mass is 35.5. The molecule has 0 saturated carbocycles. The third-order valence-electron chi connectivity index (χ3n) is 3.85. The maximum absolute atomic E-state index is 12.5. The number of benzene rings is 2. The third-order valence-corrected chi connectivity index (χ3v) is 5.03. The zero-order chi connectivity index (χ0) is 17.3. The largest absolute Gasteiger partial charge is 0.328 e. The van der Waals surface area contributed by atoms with Crippen molar-refractivity contribution >= 4 is 52.3 Å². The molecule has 0 spiro atoms. The van der Waals surface area contributed by atoms with Crippen LogP contribution in [0.2, 0.25) is 15.1 Å². The Morgan fingerprint density at radius 2 is 1.54 bits per heavy atom. The number of rotatable bonds is 3. The van der Waals surface area contributed by atoms with E-state index < -0.39 is 11.8 Å². The van der Waals surface area contributed by atoms with E-state index in [4.69, 9.17) is 34.8 Å². The number of hydrogen-bond donors (Lipinski definition) is 0. The van der Waals surface area contributed by atoms with E-state index in [-0.39, 0.29) is 5.02 Å². The van der Waals surface area contributed by atoms with Gasteiger partial charge in [-0.25, -0.2) is 0 Å². The van der Waals surface area contributed by atoms with Gasteiger partial charge in [0.25, 0.3) is 0 Å². The molecule has 2 aromatic carbocycles. The Hall–Kier alpha value is -1.75. The molecule has 124 valence electrons. The van der Waals surface area contributed by atoms with Gasteiger partial charge < -0.3 is 9.80 Å². The van der Waals surface area contributed by atoms with Crippen LogP contribution in [0.15, 0.2) is 42.5 Å². The Morgan fingerprint density at radius 1 is 0.833 bits per heavy atom. The van der Waals surface area contributed by atoms with E-state index in [9.17, 15) is 9.59 Å². The van der Waals surface area contributed by atoms with Gasteiger partial charge in [0.1, 0.15) is 0 Å². The zero-order valence-corrected chi connectivity index (χ0v) is 14.8. The van der Waals surface area contributed by atoms with Crippen molar-refractivity contribution in [3.8, 4) is 0 Å². The summed E-state index contributed by atoms with van der Waals surface area (Å²) in [7, 11) is 0. The number of piperazine rings is 1. The van der Waals surface area contributed by atoms with Crippen molar-refractivity contribution < 1.29 is 9.59 Å². The van der Waals surface area contributed by atoms with E-state index in [2.05, 4.69) is 0 Å². The van der Waals surface area contributed by atoms with Crippen LogP contribution in [0.25, 0.3) is 0 Å². The Bertz CT molecular complexity index is 810. The van der Waals surface area contributed by atoms with E-state index in [0.717, 1.165) is 5.56 Å². The molecule has 0 unspecified atom stereocenters. The van der Waals surface area contributed by atoms with Crippen LogP contribution < -0.4 is 4.90 Å². The molecule has 0 N–H and O–H groups in total. The van der Waals surface area contributed by atoms with Gasteiger partial charge in [-0.15, -0.1) is 0 Å². The van der Waals surface area contributed by atoms with Gasteiger partial charge in [0.15, 0.2) is 0 Å². The van der Waals surface area contributed by atoms with Gasteiger partial charge in [-0.05, 0) is 23.8 Å². The molecule has 3 rings (SSSR count). The topological polar surface area (TPSA) is 40.6 Å². The van der Waals surface area contributed by atoms with Crippen molar-refractivity contribution in [3.05, 3.63) is 63.1 Å². The molecule has 1 aliphatic rings. The molecule has 1 fully saturated rings. The van der Waals surface area contributed by atoms with Crippen LogP contribution in [-0.4, -0.2) is 29.8 Å². The first-order chi connectivity index (χ1) is 11.5. The van der Waals surface area contributed by atoms with Crippen LogP contribution in [-0.2, 0) is 16.1 Å². The highest BCUT2D eigenvalue weighted by molar-refractivity contribution is 6.46. The number of carbonyl (C=O) groups is 2. The number of halogens is 3. The summed E-state index contributed by atoms with van der Waals surface area (Å²) in [5, 5.41) is 1.17. The van der Waals surface area contributed by atoms with Gasteiger partial charge in [-0.3, -0.25) is 9.59 Å². The predicted octanol–water partition coefficient (Wildman–Crippen LogP) is 4.02. The lowest BCUT2D eigenvalue weighted by Crippen LogP contribution is -2.54. The van der Waals surface area contributed by atoms with E-state index in [1.54, 1.807) is 24.3 Å². The summed E-state index contributed by atoms with van der Waals surface area (Å²) in [6, 6.07) is 12.2. The van der Waals surface area contributed by atoms with Gasteiger partial charge in [-0.1, -0.05) is 59.1 Å². The molecule has 24 heavy (non-hydrogen) atoms. The first-order valence-electron chi connectivity index (χ1n) is 7.27. The fraction of sp³-hybridized carbons (Fsp3) is 0.176. The maximum atomic E-state index is 12.5. The quantitative estimate of drug-likeness (QED) is 0.751. The average Bonchev–Trinajstić information content (AvgIpc) is 2.57. The third kappa shape index (κ3) is 3.22. The molecule has 2 amide bonds. The summed E-state index contributed by atoms with van der Waals surface area (Å²) in [5.74, 6) is -1.21. The van der Waals surface area contributed by atoms with Crippen LogP contribution in [0.1, 0.15) is 5.56 Å².